The maximum Gasteiger partial charge on any atom is 0.269 e. The second kappa shape index (κ2) is 7.91. The van der Waals surface area contributed by atoms with E-state index < -0.39 is 22.8 Å². The van der Waals surface area contributed by atoms with E-state index in [2.05, 4.69) is 5.32 Å². The third-order valence-corrected chi connectivity index (χ3v) is 3.42. The van der Waals surface area contributed by atoms with E-state index in [0.717, 1.165) is 5.56 Å². The number of nitrogens with two attached hydrogens (primary N) is 1. The number of nitro groups is 1. The summed E-state index contributed by atoms with van der Waals surface area (Å²) in [5.74, 6) is -0.608. The lowest BCUT2D eigenvalue weighted by Crippen LogP contribution is -2.42. The molecule has 0 bridgehead atoms. The van der Waals surface area contributed by atoms with Gasteiger partial charge in [0.15, 0.2) is 0 Å². The molecule has 0 heterocycles. The fourth-order valence-corrected chi connectivity index (χ4v) is 1.96. The minimum absolute atomic E-state index is 0.00555. The Balaban J connectivity index is 2.00. The zero-order valence-corrected chi connectivity index (χ0v) is 13.5. The van der Waals surface area contributed by atoms with Gasteiger partial charge < -0.3 is 15.8 Å². The summed E-state index contributed by atoms with van der Waals surface area (Å²) in [6.45, 7) is 1.69. The van der Waals surface area contributed by atoms with E-state index in [1.807, 2.05) is 0 Å². The largest absolute Gasteiger partial charge is 0.489 e. The molecule has 0 saturated carbocycles. The smallest absolute Gasteiger partial charge is 0.269 e. The van der Waals surface area contributed by atoms with Gasteiger partial charge in [-0.05, 0) is 42.8 Å². The van der Waals surface area contributed by atoms with E-state index >= 15 is 0 Å². The lowest BCUT2D eigenvalue weighted by Gasteiger charge is -2.11. The van der Waals surface area contributed by atoms with Crippen LogP contribution in [0.2, 0.25) is 0 Å². The molecule has 8 nitrogen and oxygen atoms in total. The highest BCUT2D eigenvalue weighted by Crippen LogP contribution is 2.17. The maximum atomic E-state index is 12.0. The van der Waals surface area contributed by atoms with E-state index in [4.69, 9.17) is 10.5 Å². The summed E-state index contributed by atoms with van der Waals surface area (Å²) in [6, 6.07) is 11.7. The number of hydrogen-bond acceptors (Lipinski definition) is 5. The Morgan fingerprint density at radius 2 is 1.92 bits per heavy atom. The Kier molecular flexibility index (Phi) is 5.67. The number of carbonyl (C=O) groups is 2. The molecule has 3 N–H and O–H groups in total. The van der Waals surface area contributed by atoms with Gasteiger partial charge in [0.1, 0.15) is 18.4 Å². The Morgan fingerprint density at radius 3 is 2.52 bits per heavy atom. The predicted molar refractivity (Wildman–Crippen MR) is 90.0 cm³/mol. The number of amides is 2. The van der Waals surface area contributed by atoms with Crippen molar-refractivity contribution in [3.8, 4) is 5.75 Å². The Bertz CT molecular complexity index is 789. The molecule has 1 atom stereocenters. The van der Waals surface area contributed by atoms with Gasteiger partial charge in [0.25, 0.3) is 11.6 Å². The zero-order valence-electron chi connectivity index (χ0n) is 13.5. The summed E-state index contributed by atoms with van der Waals surface area (Å²) >= 11 is 0. The maximum absolute atomic E-state index is 12.0. The van der Waals surface area contributed by atoms with Gasteiger partial charge in [0.05, 0.1) is 4.92 Å². The summed E-state index contributed by atoms with van der Waals surface area (Å²) in [6.07, 6.45) is 0. The van der Waals surface area contributed by atoms with Gasteiger partial charge in [-0.3, -0.25) is 19.7 Å². The van der Waals surface area contributed by atoms with E-state index in [-0.39, 0.29) is 12.3 Å². The summed E-state index contributed by atoms with van der Waals surface area (Å²) in [5.41, 5.74) is 6.20. The van der Waals surface area contributed by atoms with Crippen LogP contribution in [0.15, 0.2) is 48.5 Å². The number of nitro benzene ring substituents is 1. The minimum atomic E-state index is -0.780. The van der Waals surface area contributed by atoms with Gasteiger partial charge in [-0.1, -0.05) is 6.07 Å². The highest BCUT2D eigenvalue weighted by atomic mass is 16.6. The molecule has 2 amide bonds. The van der Waals surface area contributed by atoms with Gasteiger partial charge >= 0.3 is 0 Å². The van der Waals surface area contributed by atoms with Crippen LogP contribution in [0.3, 0.4) is 0 Å². The van der Waals surface area contributed by atoms with Crippen LogP contribution in [0, 0.1) is 10.1 Å². The van der Waals surface area contributed by atoms with Crippen molar-refractivity contribution in [2.24, 2.45) is 5.73 Å². The van der Waals surface area contributed by atoms with Crippen molar-refractivity contribution in [2.75, 3.05) is 0 Å². The number of nitrogens with one attached hydrogen (secondary N) is 1. The summed E-state index contributed by atoms with van der Waals surface area (Å²) < 4.78 is 5.59. The van der Waals surface area contributed by atoms with Crippen LogP contribution in [0.5, 0.6) is 5.75 Å². The fraction of sp³-hybridized carbons (Fsp3) is 0.176. The van der Waals surface area contributed by atoms with E-state index in [1.54, 1.807) is 30.3 Å². The first-order valence-electron chi connectivity index (χ1n) is 7.43. The highest BCUT2D eigenvalue weighted by molar-refractivity contribution is 5.97. The molecule has 0 aliphatic rings. The van der Waals surface area contributed by atoms with Crippen molar-refractivity contribution in [3.05, 3.63) is 69.8 Å². The second-order valence-corrected chi connectivity index (χ2v) is 5.34. The van der Waals surface area contributed by atoms with Gasteiger partial charge in [-0.25, -0.2) is 0 Å². The van der Waals surface area contributed by atoms with Crippen molar-refractivity contribution in [1.82, 2.24) is 5.32 Å². The van der Waals surface area contributed by atoms with Crippen LogP contribution in [-0.2, 0) is 11.4 Å². The number of non-ortho nitro benzene ring substituents is 1. The van der Waals surface area contributed by atoms with Crippen LogP contribution >= 0.6 is 0 Å². The monoisotopic (exact) mass is 343 g/mol. The lowest BCUT2D eigenvalue weighted by atomic mass is 10.2. The molecule has 0 aliphatic heterocycles. The molecule has 0 aliphatic carbocycles. The van der Waals surface area contributed by atoms with Crippen molar-refractivity contribution >= 4 is 17.5 Å². The van der Waals surface area contributed by atoms with E-state index in [9.17, 15) is 19.7 Å². The SMILES string of the molecule is CC(NC(=O)c1cccc(OCc2ccc([N+](=O)[O-])cc2)c1)C(N)=O. The topological polar surface area (TPSA) is 125 Å². The predicted octanol–water partition coefficient (Wildman–Crippen LogP) is 1.78. The molecule has 8 heteroatoms. The second-order valence-electron chi connectivity index (χ2n) is 5.34. The fourth-order valence-electron chi connectivity index (χ4n) is 1.96. The molecule has 0 aromatic heterocycles. The van der Waals surface area contributed by atoms with Gasteiger partial charge in [0.2, 0.25) is 5.91 Å². The quantitative estimate of drug-likeness (QED) is 0.585. The Morgan fingerprint density at radius 1 is 1.24 bits per heavy atom. The first kappa shape index (κ1) is 17.9. The average molecular weight is 343 g/mol. The summed E-state index contributed by atoms with van der Waals surface area (Å²) in [7, 11) is 0. The molecule has 0 spiro atoms. The van der Waals surface area contributed by atoms with Crippen LogP contribution in [0.25, 0.3) is 0 Å². The average Bonchev–Trinajstić information content (AvgIpc) is 2.60. The number of rotatable bonds is 7. The van der Waals surface area contributed by atoms with Crippen LogP contribution in [-0.4, -0.2) is 22.8 Å². The van der Waals surface area contributed by atoms with Gasteiger partial charge in [-0.15, -0.1) is 0 Å². The third-order valence-electron chi connectivity index (χ3n) is 3.42. The van der Waals surface area contributed by atoms with E-state index in [1.165, 1.54) is 25.1 Å². The molecular formula is C17H17N3O5. The van der Waals surface area contributed by atoms with Crippen molar-refractivity contribution < 1.29 is 19.2 Å². The molecule has 130 valence electrons. The number of ether oxygens (including phenoxy) is 1. The zero-order chi connectivity index (χ0) is 18.4. The molecular weight excluding hydrogens is 326 g/mol. The molecule has 1 unspecified atom stereocenters. The van der Waals surface area contributed by atoms with Crippen LogP contribution in [0.1, 0.15) is 22.8 Å². The Hall–Kier alpha value is -3.42. The van der Waals surface area contributed by atoms with Crippen LogP contribution in [0.4, 0.5) is 5.69 Å². The minimum Gasteiger partial charge on any atom is -0.489 e. The summed E-state index contributed by atoms with van der Waals surface area (Å²) in [4.78, 5) is 33.2. The molecule has 2 aromatic rings. The van der Waals surface area contributed by atoms with Crippen molar-refractivity contribution in [2.45, 2.75) is 19.6 Å². The normalized spacial score (nSPS) is 11.4. The molecule has 25 heavy (non-hydrogen) atoms. The number of primary amides is 1. The number of carbonyl (C=O) groups excluding carboxylic acids is 2. The van der Waals surface area contributed by atoms with E-state index in [0.29, 0.717) is 11.3 Å². The molecule has 2 rings (SSSR count). The first-order chi connectivity index (χ1) is 11.9. The number of benzene rings is 2. The third kappa shape index (κ3) is 5.03. The summed E-state index contributed by atoms with van der Waals surface area (Å²) in [5, 5.41) is 13.1. The molecule has 2 aromatic carbocycles. The lowest BCUT2D eigenvalue weighted by molar-refractivity contribution is -0.384. The molecule has 0 radical (unpaired) electrons. The van der Waals surface area contributed by atoms with Crippen LogP contribution < -0.4 is 15.8 Å². The van der Waals surface area contributed by atoms with Gasteiger partial charge in [0, 0.05) is 17.7 Å². The number of hydrogen-bond donors (Lipinski definition) is 2. The first-order valence-corrected chi connectivity index (χ1v) is 7.43. The molecule has 0 fully saturated rings. The molecule has 0 saturated heterocycles. The highest BCUT2D eigenvalue weighted by Gasteiger charge is 2.14. The standard InChI is InChI=1S/C17H17N3O5/c1-11(16(18)21)19-17(22)13-3-2-4-15(9-13)25-10-12-5-7-14(8-6-12)20(23)24/h2-9,11H,10H2,1H3,(H2,18,21)(H,19,22). The van der Waals surface area contributed by atoms with Crippen molar-refractivity contribution in [1.29, 1.82) is 0 Å². The van der Waals surface area contributed by atoms with Crippen molar-refractivity contribution in [3.63, 3.8) is 0 Å². The number of nitrogens with zero attached hydrogens (tertiary/aromatic N) is 1. The van der Waals surface area contributed by atoms with Gasteiger partial charge in [-0.2, -0.15) is 0 Å². The Labute approximate surface area is 143 Å².